The van der Waals surface area contributed by atoms with Crippen LogP contribution in [0, 0.1) is 0 Å². The molecular weight excluding hydrogens is 152 g/mol. The van der Waals surface area contributed by atoms with Gasteiger partial charge in [-0.2, -0.15) is 0 Å². The summed E-state index contributed by atoms with van der Waals surface area (Å²) >= 11 is 0. The molecule has 0 aliphatic heterocycles. The number of hydrogen-bond acceptors (Lipinski definition) is 2. The molecule has 0 bridgehead atoms. The van der Waals surface area contributed by atoms with Crippen molar-refractivity contribution in [3.8, 4) is 0 Å². The van der Waals surface area contributed by atoms with Gasteiger partial charge in [0.1, 0.15) is 0 Å². The van der Waals surface area contributed by atoms with E-state index in [1.54, 1.807) is 0 Å². The van der Waals surface area contributed by atoms with Gasteiger partial charge in [0.15, 0.2) is 0 Å². The second-order valence-electron chi connectivity index (χ2n) is 3.71. The SMILES string of the molecule is CCCCCC1(OCCO)CC1. The van der Waals surface area contributed by atoms with E-state index in [1.165, 1.54) is 38.5 Å². The highest BCUT2D eigenvalue weighted by atomic mass is 16.5. The molecule has 1 aliphatic carbocycles. The summed E-state index contributed by atoms with van der Waals surface area (Å²) in [7, 11) is 0. The molecule has 0 saturated heterocycles. The first-order valence-corrected chi connectivity index (χ1v) is 5.08. The van der Waals surface area contributed by atoms with Gasteiger partial charge in [0, 0.05) is 0 Å². The maximum Gasteiger partial charge on any atom is 0.0705 e. The molecule has 0 atom stereocenters. The van der Waals surface area contributed by atoms with Gasteiger partial charge in [-0.25, -0.2) is 0 Å². The molecule has 1 fully saturated rings. The molecule has 0 heterocycles. The standard InChI is InChI=1S/C10H20O2/c1-2-3-4-5-10(6-7-10)12-9-8-11/h11H,2-9H2,1H3. The smallest absolute Gasteiger partial charge is 0.0705 e. The number of ether oxygens (including phenoxy) is 1. The topological polar surface area (TPSA) is 29.5 Å². The van der Waals surface area contributed by atoms with Crippen molar-refractivity contribution in [1.29, 1.82) is 0 Å². The molecular formula is C10H20O2. The Balaban J connectivity index is 2.04. The summed E-state index contributed by atoms with van der Waals surface area (Å²) in [4.78, 5) is 0. The van der Waals surface area contributed by atoms with Gasteiger partial charge in [-0.15, -0.1) is 0 Å². The first-order valence-electron chi connectivity index (χ1n) is 5.08. The number of aliphatic hydroxyl groups excluding tert-OH is 1. The second kappa shape index (κ2) is 4.83. The largest absolute Gasteiger partial charge is 0.394 e. The minimum absolute atomic E-state index is 0.162. The molecule has 1 N–H and O–H groups in total. The van der Waals surface area contributed by atoms with Crippen LogP contribution < -0.4 is 0 Å². The van der Waals surface area contributed by atoms with Crippen molar-refractivity contribution in [2.45, 2.75) is 51.0 Å². The van der Waals surface area contributed by atoms with E-state index >= 15 is 0 Å². The number of hydrogen-bond donors (Lipinski definition) is 1. The van der Waals surface area contributed by atoms with Crippen LogP contribution in [0.3, 0.4) is 0 Å². The van der Waals surface area contributed by atoms with Crippen LogP contribution in [0.1, 0.15) is 45.4 Å². The van der Waals surface area contributed by atoms with Crippen molar-refractivity contribution >= 4 is 0 Å². The molecule has 2 nitrogen and oxygen atoms in total. The molecule has 0 unspecified atom stereocenters. The quantitative estimate of drug-likeness (QED) is 0.596. The molecule has 12 heavy (non-hydrogen) atoms. The molecule has 0 radical (unpaired) electrons. The maximum absolute atomic E-state index is 8.60. The van der Waals surface area contributed by atoms with Crippen molar-refractivity contribution in [1.82, 2.24) is 0 Å². The normalized spacial score (nSPS) is 19.5. The Morgan fingerprint density at radius 2 is 2.08 bits per heavy atom. The summed E-state index contributed by atoms with van der Waals surface area (Å²) in [5.74, 6) is 0. The summed E-state index contributed by atoms with van der Waals surface area (Å²) in [6.07, 6.45) is 7.47. The second-order valence-corrected chi connectivity index (χ2v) is 3.71. The summed E-state index contributed by atoms with van der Waals surface area (Å²) in [6, 6.07) is 0. The van der Waals surface area contributed by atoms with Gasteiger partial charge in [0.05, 0.1) is 18.8 Å². The highest BCUT2D eigenvalue weighted by Gasteiger charge is 2.42. The van der Waals surface area contributed by atoms with Gasteiger partial charge in [0.2, 0.25) is 0 Å². The highest BCUT2D eigenvalue weighted by Crippen LogP contribution is 2.43. The van der Waals surface area contributed by atoms with E-state index < -0.39 is 0 Å². The number of unbranched alkanes of at least 4 members (excludes halogenated alkanes) is 2. The zero-order chi connectivity index (χ0) is 8.86. The fourth-order valence-electron chi connectivity index (χ4n) is 1.57. The fraction of sp³-hybridized carbons (Fsp3) is 1.00. The summed E-state index contributed by atoms with van der Waals surface area (Å²) in [5.41, 5.74) is 0.192. The molecule has 1 saturated carbocycles. The van der Waals surface area contributed by atoms with Crippen molar-refractivity contribution in [3.05, 3.63) is 0 Å². The molecule has 0 aromatic carbocycles. The Morgan fingerprint density at radius 1 is 1.33 bits per heavy atom. The molecule has 1 aliphatic rings. The van der Waals surface area contributed by atoms with Crippen LogP contribution in [0.15, 0.2) is 0 Å². The molecule has 2 heteroatoms. The third-order valence-electron chi connectivity index (χ3n) is 2.54. The Hall–Kier alpha value is -0.0800. The van der Waals surface area contributed by atoms with Crippen molar-refractivity contribution in [2.75, 3.05) is 13.2 Å². The van der Waals surface area contributed by atoms with Crippen molar-refractivity contribution in [3.63, 3.8) is 0 Å². The van der Waals surface area contributed by atoms with Crippen molar-refractivity contribution in [2.24, 2.45) is 0 Å². The molecule has 0 amide bonds. The van der Waals surface area contributed by atoms with Gasteiger partial charge in [-0.05, 0) is 19.3 Å². The Labute approximate surface area is 74.9 Å². The predicted octanol–water partition coefficient (Wildman–Crippen LogP) is 2.11. The highest BCUT2D eigenvalue weighted by molar-refractivity contribution is 4.95. The first kappa shape index (κ1) is 10.0. The average molecular weight is 172 g/mol. The van der Waals surface area contributed by atoms with E-state index in [-0.39, 0.29) is 12.2 Å². The van der Waals surface area contributed by atoms with E-state index in [4.69, 9.17) is 9.84 Å². The lowest BCUT2D eigenvalue weighted by molar-refractivity contribution is 0.00465. The zero-order valence-electron chi connectivity index (χ0n) is 8.01. The monoisotopic (exact) mass is 172 g/mol. The van der Waals surface area contributed by atoms with Crippen LogP contribution in [-0.2, 0) is 4.74 Å². The minimum atomic E-state index is 0.162. The van der Waals surface area contributed by atoms with E-state index in [2.05, 4.69) is 6.92 Å². The Morgan fingerprint density at radius 3 is 2.58 bits per heavy atom. The zero-order valence-corrected chi connectivity index (χ0v) is 8.01. The molecule has 0 spiro atoms. The third kappa shape index (κ3) is 3.11. The average Bonchev–Trinajstić information content (AvgIpc) is 2.83. The molecule has 0 aromatic heterocycles. The number of rotatable bonds is 7. The predicted molar refractivity (Wildman–Crippen MR) is 49.1 cm³/mol. The summed E-state index contributed by atoms with van der Waals surface area (Å²) in [6.45, 7) is 2.90. The van der Waals surface area contributed by atoms with Crippen LogP contribution in [-0.4, -0.2) is 23.9 Å². The van der Waals surface area contributed by atoms with Gasteiger partial charge < -0.3 is 9.84 Å². The third-order valence-corrected chi connectivity index (χ3v) is 2.54. The lowest BCUT2D eigenvalue weighted by Gasteiger charge is -2.14. The lowest BCUT2D eigenvalue weighted by atomic mass is 10.1. The van der Waals surface area contributed by atoms with Gasteiger partial charge in [0.25, 0.3) is 0 Å². The van der Waals surface area contributed by atoms with E-state index in [9.17, 15) is 0 Å². The Bertz CT molecular complexity index is 119. The minimum Gasteiger partial charge on any atom is -0.394 e. The fourth-order valence-corrected chi connectivity index (χ4v) is 1.57. The van der Waals surface area contributed by atoms with Crippen molar-refractivity contribution < 1.29 is 9.84 Å². The van der Waals surface area contributed by atoms with Gasteiger partial charge in [-0.1, -0.05) is 26.2 Å². The first-order chi connectivity index (χ1) is 5.83. The number of aliphatic hydroxyl groups is 1. The van der Waals surface area contributed by atoms with Crippen LogP contribution in [0.5, 0.6) is 0 Å². The molecule has 1 rings (SSSR count). The van der Waals surface area contributed by atoms with Crippen LogP contribution in [0.2, 0.25) is 0 Å². The van der Waals surface area contributed by atoms with Crippen LogP contribution in [0.25, 0.3) is 0 Å². The summed E-state index contributed by atoms with van der Waals surface area (Å²) < 4.78 is 5.59. The summed E-state index contributed by atoms with van der Waals surface area (Å²) in [5, 5.41) is 8.60. The van der Waals surface area contributed by atoms with E-state index in [0.29, 0.717) is 6.61 Å². The van der Waals surface area contributed by atoms with E-state index in [0.717, 1.165) is 0 Å². The molecule has 72 valence electrons. The Kier molecular flexibility index (Phi) is 4.02. The van der Waals surface area contributed by atoms with Crippen LogP contribution in [0.4, 0.5) is 0 Å². The van der Waals surface area contributed by atoms with Gasteiger partial charge >= 0.3 is 0 Å². The van der Waals surface area contributed by atoms with E-state index in [1.807, 2.05) is 0 Å². The lowest BCUT2D eigenvalue weighted by Crippen LogP contribution is -2.16. The molecule has 0 aromatic rings. The van der Waals surface area contributed by atoms with Crippen LogP contribution >= 0.6 is 0 Å². The van der Waals surface area contributed by atoms with Gasteiger partial charge in [-0.3, -0.25) is 0 Å². The maximum atomic E-state index is 8.60.